The number of hydrogen-bond donors (Lipinski definition) is 1. The van der Waals surface area contributed by atoms with E-state index in [4.69, 9.17) is 11.6 Å². The molecule has 0 radical (unpaired) electrons. The molecule has 0 unspecified atom stereocenters. The molecule has 0 bridgehead atoms. The summed E-state index contributed by atoms with van der Waals surface area (Å²) in [7, 11) is 0. The first-order valence-electron chi connectivity index (χ1n) is 4.71. The number of H-pyrrole nitrogens is 1. The number of aromatic amines is 1. The summed E-state index contributed by atoms with van der Waals surface area (Å²) in [5, 5.41) is 8.01. The third kappa shape index (κ3) is 2.18. The SMILES string of the molecule is CCc1[nH]nc(I)c1-c1cccc(Cl)c1. The highest BCUT2D eigenvalue weighted by Crippen LogP contribution is 2.29. The van der Waals surface area contributed by atoms with Gasteiger partial charge in [0.05, 0.1) is 0 Å². The zero-order valence-corrected chi connectivity index (χ0v) is 11.1. The maximum atomic E-state index is 5.98. The monoisotopic (exact) mass is 332 g/mol. The van der Waals surface area contributed by atoms with Crippen LogP contribution in [0, 0.1) is 3.70 Å². The number of nitrogens with one attached hydrogen (secondary N) is 1. The number of aromatic nitrogens is 2. The van der Waals surface area contributed by atoms with Crippen molar-refractivity contribution in [1.29, 1.82) is 0 Å². The minimum atomic E-state index is 0.756. The van der Waals surface area contributed by atoms with E-state index in [-0.39, 0.29) is 0 Å². The topological polar surface area (TPSA) is 28.7 Å². The van der Waals surface area contributed by atoms with Crippen LogP contribution in [0.15, 0.2) is 24.3 Å². The quantitative estimate of drug-likeness (QED) is 0.830. The molecule has 1 aromatic carbocycles. The Labute approximate surface area is 107 Å². The number of benzene rings is 1. The molecule has 0 aliphatic carbocycles. The van der Waals surface area contributed by atoms with E-state index < -0.39 is 0 Å². The van der Waals surface area contributed by atoms with Crippen molar-refractivity contribution in [2.24, 2.45) is 0 Å². The molecule has 0 fully saturated rings. The van der Waals surface area contributed by atoms with E-state index in [9.17, 15) is 0 Å². The van der Waals surface area contributed by atoms with Gasteiger partial charge in [0.25, 0.3) is 0 Å². The van der Waals surface area contributed by atoms with E-state index in [1.807, 2.05) is 18.2 Å². The van der Waals surface area contributed by atoms with Crippen molar-refractivity contribution in [1.82, 2.24) is 10.2 Å². The molecular weight excluding hydrogens is 322 g/mol. The highest BCUT2D eigenvalue weighted by atomic mass is 127. The Hall–Kier alpha value is -0.550. The van der Waals surface area contributed by atoms with Crippen molar-refractivity contribution in [3.63, 3.8) is 0 Å². The lowest BCUT2D eigenvalue weighted by Gasteiger charge is -2.02. The van der Waals surface area contributed by atoms with Gasteiger partial charge in [-0.15, -0.1) is 0 Å². The van der Waals surface area contributed by atoms with E-state index in [1.165, 1.54) is 5.56 Å². The van der Waals surface area contributed by atoms with Crippen LogP contribution in [-0.4, -0.2) is 10.2 Å². The van der Waals surface area contributed by atoms with Gasteiger partial charge in [-0.2, -0.15) is 5.10 Å². The van der Waals surface area contributed by atoms with Crippen LogP contribution in [0.3, 0.4) is 0 Å². The molecule has 0 aliphatic rings. The molecule has 0 saturated heterocycles. The lowest BCUT2D eigenvalue weighted by atomic mass is 10.1. The van der Waals surface area contributed by atoms with Crippen molar-refractivity contribution in [2.75, 3.05) is 0 Å². The van der Waals surface area contributed by atoms with Gasteiger partial charge in [-0.25, -0.2) is 0 Å². The number of hydrogen-bond acceptors (Lipinski definition) is 1. The Morgan fingerprint density at radius 2 is 2.27 bits per heavy atom. The van der Waals surface area contributed by atoms with Crippen LogP contribution in [0.5, 0.6) is 0 Å². The van der Waals surface area contributed by atoms with Crippen LogP contribution in [0.25, 0.3) is 11.1 Å². The smallest absolute Gasteiger partial charge is 0.131 e. The van der Waals surface area contributed by atoms with Gasteiger partial charge in [0.2, 0.25) is 0 Å². The predicted octanol–water partition coefficient (Wildman–Crippen LogP) is 3.90. The van der Waals surface area contributed by atoms with Crippen molar-refractivity contribution in [3.8, 4) is 11.1 Å². The molecule has 0 saturated carbocycles. The average molecular weight is 333 g/mol. The van der Waals surface area contributed by atoms with E-state index in [1.54, 1.807) is 0 Å². The van der Waals surface area contributed by atoms with Gasteiger partial charge in [0.1, 0.15) is 3.70 Å². The van der Waals surface area contributed by atoms with Crippen molar-refractivity contribution >= 4 is 34.2 Å². The fraction of sp³-hybridized carbons (Fsp3) is 0.182. The minimum absolute atomic E-state index is 0.756. The Balaban J connectivity index is 2.57. The lowest BCUT2D eigenvalue weighted by Crippen LogP contribution is -1.85. The van der Waals surface area contributed by atoms with E-state index in [2.05, 4.69) is 45.8 Å². The molecule has 0 aliphatic heterocycles. The molecule has 1 heterocycles. The average Bonchev–Trinajstić information content (AvgIpc) is 2.59. The number of aryl methyl sites for hydroxylation is 1. The van der Waals surface area contributed by atoms with E-state index in [0.717, 1.165) is 26.4 Å². The standard InChI is InChI=1S/C11H10ClIN2/c1-2-9-10(11(13)15-14-9)7-4-3-5-8(12)6-7/h3-6H,2H2,1H3,(H,14,15). The first-order valence-corrected chi connectivity index (χ1v) is 6.16. The molecule has 2 rings (SSSR count). The van der Waals surface area contributed by atoms with Gasteiger partial charge >= 0.3 is 0 Å². The second-order valence-corrected chi connectivity index (χ2v) is 4.69. The van der Waals surface area contributed by atoms with Crippen LogP contribution in [0.2, 0.25) is 5.02 Å². The number of nitrogens with zero attached hydrogens (tertiary/aromatic N) is 1. The van der Waals surface area contributed by atoms with Gasteiger partial charge in [0, 0.05) is 16.3 Å². The zero-order valence-electron chi connectivity index (χ0n) is 8.22. The summed E-state index contributed by atoms with van der Waals surface area (Å²) in [6.45, 7) is 2.11. The van der Waals surface area contributed by atoms with Gasteiger partial charge < -0.3 is 0 Å². The summed E-state index contributed by atoms with van der Waals surface area (Å²) in [5.41, 5.74) is 3.44. The number of rotatable bonds is 2. The molecule has 78 valence electrons. The Morgan fingerprint density at radius 3 is 2.93 bits per heavy atom. The zero-order chi connectivity index (χ0) is 10.8. The number of halogens is 2. The van der Waals surface area contributed by atoms with Crippen LogP contribution in [-0.2, 0) is 6.42 Å². The molecule has 1 aromatic heterocycles. The van der Waals surface area contributed by atoms with E-state index in [0.29, 0.717) is 0 Å². The van der Waals surface area contributed by atoms with Gasteiger partial charge in [-0.3, -0.25) is 5.10 Å². The lowest BCUT2D eigenvalue weighted by molar-refractivity contribution is 0.968. The fourth-order valence-corrected chi connectivity index (χ4v) is 2.49. The maximum Gasteiger partial charge on any atom is 0.131 e. The van der Waals surface area contributed by atoms with Gasteiger partial charge in [0.15, 0.2) is 0 Å². The van der Waals surface area contributed by atoms with Crippen molar-refractivity contribution in [3.05, 3.63) is 38.7 Å². The molecule has 0 spiro atoms. The molecule has 1 N–H and O–H groups in total. The molecule has 0 atom stereocenters. The summed E-state index contributed by atoms with van der Waals surface area (Å²) >= 11 is 8.21. The second kappa shape index (κ2) is 4.53. The summed E-state index contributed by atoms with van der Waals surface area (Å²) in [6, 6.07) is 7.86. The first kappa shape index (κ1) is 11.0. The molecule has 2 aromatic rings. The summed E-state index contributed by atoms with van der Waals surface area (Å²) in [5.74, 6) is 0. The highest BCUT2D eigenvalue weighted by molar-refractivity contribution is 14.1. The maximum absolute atomic E-state index is 5.98. The highest BCUT2D eigenvalue weighted by Gasteiger charge is 2.11. The van der Waals surface area contributed by atoms with Gasteiger partial charge in [-0.05, 0) is 46.7 Å². The molecule has 0 amide bonds. The Bertz CT molecular complexity index is 479. The second-order valence-electron chi connectivity index (χ2n) is 3.23. The fourth-order valence-electron chi connectivity index (χ4n) is 1.55. The van der Waals surface area contributed by atoms with Gasteiger partial charge in [-0.1, -0.05) is 30.7 Å². The first-order chi connectivity index (χ1) is 7.22. The normalized spacial score (nSPS) is 10.6. The molecular formula is C11H10ClIN2. The van der Waals surface area contributed by atoms with Crippen LogP contribution < -0.4 is 0 Å². The third-order valence-electron chi connectivity index (χ3n) is 2.26. The third-order valence-corrected chi connectivity index (χ3v) is 3.28. The van der Waals surface area contributed by atoms with Crippen molar-refractivity contribution < 1.29 is 0 Å². The largest absolute Gasteiger partial charge is 0.281 e. The van der Waals surface area contributed by atoms with E-state index >= 15 is 0 Å². The molecule has 4 heteroatoms. The van der Waals surface area contributed by atoms with Crippen LogP contribution >= 0.6 is 34.2 Å². The molecule has 15 heavy (non-hydrogen) atoms. The van der Waals surface area contributed by atoms with Crippen LogP contribution in [0.4, 0.5) is 0 Å². The van der Waals surface area contributed by atoms with Crippen LogP contribution in [0.1, 0.15) is 12.6 Å². The summed E-state index contributed by atoms with van der Waals surface area (Å²) in [6.07, 6.45) is 0.942. The predicted molar refractivity (Wildman–Crippen MR) is 71.1 cm³/mol. The Kier molecular flexibility index (Phi) is 3.31. The minimum Gasteiger partial charge on any atom is -0.281 e. The van der Waals surface area contributed by atoms with Crippen molar-refractivity contribution in [2.45, 2.75) is 13.3 Å². The molecule has 2 nitrogen and oxygen atoms in total. The summed E-state index contributed by atoms with van der Waals surface area (Å²) in [4.78, 5) is 0. The Morgan fingerprint density at radius 1 is 1.47 bits per heavy atom. The summed E-state index contributed by atoms with van der Waals surface area (Å²) < 4.78 is 0.992.